The fourth-order valence-corrected chi connectivity index (χ4v) is 2.09. The van der Waals surface area contributed by atoms with Crippen molar-refractivity contribution < 1.29 is 9.68 Å². The molecule has 6 heteroatoms. The van der Waals surface area contributed by atoms with Crippen molar-refractivity contribution in [2.24, 2.45) is 10.3 Å². The van der Waals surface area contributed by atoms with Crippen LogP contribution in [0, 0.1) is 0 Å². The van der Waals surface area contributed by atoms with E-state index in [1.54, 1.807) is 6.20 Å². The molecule has 24 heavy (non-hydrogen) atoms. The molecule has 126 valence electrons. The Morgan fingerprint density at radius 2 is 1.79 bits per heavy atom. The van der Waals surface area contributed by atoms with Gasteiger partial charge in [-0.05, 0) is 51.0 Å². The summed E-state index contributed by atoms with van der Waals surface area (Å²) in [6, 6.07) is 11.6. The third kappa shape index (κ3) is 5.46. The smallest absolute Gasteiger partial charge is 0.117 e. The Bertz CT molecular complexity index is 699. The maximum atomic E-state index is 5.36. The number of aromatic nitrogens is 2. The van der Waals surface area contributed by atoms with Gasteiger partial charge in [0, 0.05) is 11.9 Å². The van der Waals surface area contributed by atoms with Gasteiger partial charge in [-0.15, -0.1) is 0 Å². The van der Waals surface area contributed by atoms with Crippen molar-refractivity contribution in [3.05, 3.63) is 59.7 Å². The van der Waals surface area contributed by atoms with Crippen molar-refractivity contribution in [2.45, 2.75) is 26.7 Å². The molecule has 6 nitrogen and oxygen atoms in total. The highest BCUT2D eigenvalue weighted by Crippen LogP contribution is 2.05. The first-order valence-electron chi connectivity index (χ1n) is 7.82. The molecule has 0 fully saturated rings. The molecular formula is C18H22N4O2. The topological polar surface area (TPSA) is 69.0 Å². The predicted molar refractivity (Wildman–Crippen MR) is 94.2 cm³/mol. The Morgan fingerprint density at radius 1 is 1.00 bits per heavy atom. The van der Waals surface area contributed by atoms with E-state index < -0.39 is 0 Å². The van der Waals surface area contributed by atoms with Crippen LogP contribution in [0.5, 0.6) is 0 Å². The highest BCUT2D eigenvalue weighted by molar-refractivity contribution is 5.96. The lowest BCUT2D eigenvalue weighted by Crippen LogP contribution is -2.03. The Labute approximate surface area is 142 Å². The summed E-state index contributed by atoms with van der Waals surface area (Å²) >= 11 is 0. The standard InChI is InChI=1S/C18H22N4O2/c1-14(17-10-4-5-12-19-17)22-24-13-7-9-16-8-6-11-18(20-16)15(2)21-23-3/h4-6,8,10-12H,7,9,13H2,1-3H3/b21-15+,22-14+. The average molecular weight is 326 g/mol. The minimum absolute atomic E-state index is 0.529. The van der Waals surface area contributed by atoms with Crippen LogP contribution >= 0.6 is 0 Å². The third-order valence-electron chi connectivity index (χ3n) is 3.31. The van der Waals surface area contributed by atoms with E-state index in [2.05, 4.69) is 20.3 Å². The largest absolute Gasteiger partial charge is 0.399 e. The molecule has 2 rings (SSSR count). The Kier molecular flexibility index (Phi) is 6.89. The third-order valence-corrected chi connectivity index (χ3v) is 3.31. The van der Waals surface area contributed by atoms with Crippen LogP contribution in [-0.4, -0.2) is 35.1 Å². The summed E-state index contributed by atoms with van der Waals surface area (Å²) in [5.74, 6) is 0. The fourth-order valence-electron chi connectivity index (χ4n) is 2.09. The molecule has 0 N–H and O–H groups in total. The molecule has 0 amide bonds. The van der Waals surface area contributed by atoms with E-state index in [0.717, 1.165) is 41.3 Å². The normalized spacial score (nSPS) is 12.1. The zero-order valence-corrected chi connectivity index (χ0v) is 14.3. The van der Waals surface area contributed by atoms with Crippen LogP contribution in [0.25, 0.3) is 0 Å². The molecule has 2 aromatic heterocycles. The molecule has 0 radical (unpaired) electrons. The second-order valence-electron chi connectivity index (χ2n) is 5.20. The van der Waals surface area contributed by atoms with Crippen molar-refractivity contribution in [1.29, 1.82) is 0 Å². The molecule has 0 bridgehead atoms. The lowest BCUT2D eigenvalue weighted by Gasteiger charge is -2.04. The van der Waals surface area contributed by atoms with Crippen LogP contribution in [-0.2, 0) is 16.1 Å². The van der Waals surface area contributed by atoms with Gasteiger partial charge in [0.25, 0.3) is 0 Å². The van der Waals surface area contributed by atoms with Gasteiger partial charge in [0.05, 0.1) is 11.4 Å². The molecule has 0 saturated heterocycles. The summed E-state index contributed by atoms with van der Waals surface area (Å²) in [6.45, 7) is 4.28. The maximum Gasteiger partial charge on any atom is 0.117 e. The van der Waals surface area contributed by atoms with E-state index in [4.69, 9.17) is 9.68 Å². The van der Waals surface area contributed by atoms with Crippen LogP contribution in [0.1, 0.15) is 37.4 Å². The Morgan fingerprint density at radius 3 is 2.54 bits per heavy atom. The van der Waals surface area contributed by atoms with Gasteiger partial charge in [0.1, 0.15) is 25.1 Å². The zero-order valence-electron chi connectivity index (χ0n) is 14.3. The highest BCUT2D eigenvalue weighted by atomic mass is 16.6. The Balaban J connectivity index is 1.80. The van der Waals surface area contributed by atoms with Crippen LogP contribution in [0.3, 0.4) is 0 Å². The van der Waals surface area contributed by atoms with Gasteiger partial charge in [-0.3, -0.25) is 9.97 Å². The van der Waals surface area contributed by atoms with Crippen LogP contribution in [0.2, 0.25) is 0 Å². The molecule has 0 atom stereocenters. The molecule has 0 aliphatic rings. The lowest BCUT2D eigenvalue weighted by atomic mass is 10.2. The van der Waals surface area contributed by atoms with Crippen LogP contribution in [0.4, 0.5) is 0 Å². The number of oxime groups is 2. The number of nitrogens with zero attached hydrogens (tertiary/aromatic N) is 4. The quantitative estimate of drug-likeness (QED) is 0.424. The average Bonchev–Trinajstić information content (AvgIpc) is 2.62. The highest BCUT2D eigenvalue weighted by Gasteiger charge is 2.02. The zero-order chi connectivity index (χ0) is 17.2. The number of aryl methyl sites for hydroxylation is 1. The summed E-state index contributed by atoms with van der Waals surface area (Å²) in [5, 5.41) is 7.99. The summed E-state index contributed by atoms with van der Waals surface area (Å²) in [6.07, 6.45) is 3.38. The summed E-state index contributed by atoms with van der Waals surface area (Å²) in [7, 11) is 1.53. The first kappa shape index (κ1) is 17.6. The van der Waals surface area contributed by atoms with Crippen molar-refractivity contribution in [3.63, 3.8) is 0 Å². The van der Waals surface area contributed by atoms with E-state index in [9.17, 15) is 0 Å². The molecule has 0 unspecified atom stereocenters. The van der Waals surface area contributed by atoms with Crippen molar-refractivity contribution >= 4 is 11.4 Å². The van der Waals surface area contributed by atoms with Crippen molar-refractivity contribution in [1.82, 2.24) is 9.97 Å². The van der Waals surface area contributed by atoms with Gasteiger partial charge < -0.3 is 9.68 Å². The van der Waals surface area contributed by atoms with E-state index in [0.29, 0.717) is 6.61 Å². The number of rotatable bonds is 8. The number of hydrogen-bond acceptors (Lipinski definition) is 6. The van der Waals surface area contributed by atoms with Crippen LogP contribution < -0.4 is 0 Å². The van der Waals surface area contributed by atoms with Crippen molar-refractivity contribution in [2.75, 3.05) is 13.7 Å². The first-order valence-corrected chi connectivity index (χ1v) is 7.82. The second-order valence-corrected chi connectivity index (χ2v) is 5.20. The number of hydrogen-bond donors (Lipinski definition) is 0. The van der Waals surface area contributed by atoms with E-state index >= 15 is 0 Å². The van der Waals surface area contributed by atoms with E-state index in [-0.39, 0.29) is 0 Å². The van der Waals surface area contributed by atoms with Gasteiger partial charge in [-0.1, -0.05) is 22.4 Å². The molecule has 2 heterocycles. The maximum absolute atomic E-state index is 5.36. The lowest BCUT2D eigenvalue weighted by molar-refractivity contribution is 0.141. The molecule has 0 aromatic carbocycles. The van der Waals surface area contributed by atoms with Gasteiger partial charge >= 0.3 is 0 Å². The number of pyridine rings is 2. The summed E-state index contributed by atoms with van der Waals surface area (Å²) < 4.78 is 0. The van der Waals surface area contributed by atoms with Crippen LogP contribution in [0.15, 0.2) is 52.9 Å². The summed E-state index contributed by atoms with van der Waals surface area (Å²) in [4.78, 5) is 18.9. The SMILES string of the molecule is CO/N=C(\C)c1cccc(CCCO/N=C(\C)c2ccccn2)n1. The van der Waals surface area contributed by atoms with E-state index in [1.165, 1.54) is 7.11 Å². The molecule has 0 spiro atoms. The van der Waals surface area contributed by atoms with Gasteiger partial charge in [-0.2, -0.15) is 0 Å². The van der Waals surface area contributed by atoms with E-state index in [1.807, 2.05) is 50.2 Å². The monoisotopic (exact) mass is 326 g/mol. The first-order chi connectivity index (χ1) is 11.7. The van der Waals surface area contributed by atoms with Gasteiger partial charge in [-0.25, -0.2) is 0 Å². The Hall–Kier alpha value is -2.76. The molecular weight excluding hydrogens is 304 g/mol. The fraction of sp³-hybridized carbons (Fsp3) is 0.333. The molecule has 2 aromatic rings. The molecule has 0 aliphatic carbocycles. The summed E-state index contributed by atoms with van der Waals surface area (Å²) in [5.41, 5.74) is 4.15. The minimum atomic E-state index is 0.529. The van der Waals surface area contributed by atoms with Gasteiger partial charge in [0.2, 0.25) is 0 Å². The van der Waals surface area contributed by atoms with Crippen molar-refractivity contribution in [3.8, 4) is 0 Å². The molecule has 0 saturated carbocycles. The second kappa shape index (κ2) is 9.39. The minimum Gasteiger partial charge on any atom is -0.399 e. The molecule has 0 aliphatic heterocycles. The predicted octanol–water partition coefficient (Wildman–Crippen LogP) is 3.22. The van der Waals surface area contributed by atoms with Gasteiger partial charge in [0.15, 0.2) is 0 Å².